The van der Waals surface area contributed by atoms with E-state index in [0.717, 1.165) is 21.9 Å². The summed E-state index contributed by atoms with van der Waals surface area (Å²) in [6.45, 7) is 0. The number of benzene rings is 12. The van der Waals surface area contributed by atoms with E-state index in [1.54, 1.807) is 0 Å². The number of fused-ring (bicyclic) bond motifs is 17. The second-order valence-electron chi connectivity index (χ2n) is 16.8. The van der Waals surface area contributed by atoms with E-state index < -0.39 is 0 Å². The molecule has 0 spiro atoms. The maximum atomic E-state index is 6.47. The molecule has 0 unspecified atom stereocenters. The Hall–Kier alpha value is -8.20. The van der Waals surface area contributed by atoms with E-state index in [1.165, 1.54) is 114 Å². The summed E-state index contributed by atoms with van der Waals surface area (Å²) in [6, 6.07) is 78.1. The normalized spacial score (nSPS) is 12.2. The topological polar surface area (TPSA) is 18.1 Å². The summed E-state index contributed by atoms with van der Waals surface area (Å²) in [5.74, 6) is 0. The highest BCUT2D eigenvalue weighted by Crippen LogP contribution is 2.45. The largest absolute Gasteiger partial charge is 0.456 e. The second-order valence-corrected chi connectivity index (χ2v) is 16.8. The van der Waals surface area contributed by atoms with Crippen molar-refractivity contribution in [1.82, 2.24) is 4.57 Å². The Morgan fingerprint density at radius 3 is 1.65 bits per heavy atom. The molecule has 0 aliphatic rings. The lowest BCUT2D eigenvalue weighted by molar-refractivity contribution is 0.669. The van der Waals surface area contributed by atoms with Crippen molar-refractivity contribution in [3.05, 3.63) is 212 Å². The van der Waals surface area contributed by atoms with Gasteiger partial charge >= 0.3 is 0 Å². The average Bonchev–Trinajstić information content (AvgIpc) is 3.88. The van der Waals surface area contributed by atoms with Crippen LogP contribution in [0.15, 0.2) is 217 Å². The van der Waals surface area contributed by atoms with Crippen molar-refractivity contribution in [2.75, 3.05) is 0 Å². The SMILES string of the molecule is c1ccc2c(-n3c4ccccc4c4c5c6ccccc6c6cc(-c7ccc8oc9ccc(-c%10cccc%11c%10ccc%10ccccc%10%11)cc9c8c7)ccc6c5ccc43)cccc2c1. The van der Waals surface area contributed by atoms with Gasteiger partial charge in [-0.1, -0.05) is 164 Å². The van der Waals surface area contributed by atoms with Crippen molar-refractivity contribution in [3.8, 4) is 27.9 Å². The third-order valence-corrected chi connectivity index (χ3v) is 13.5. The molecule has 0 bridgehead atoms. The Bertz CT molecular complexity index is 4200. The average molecular weight is 786 g/mol. The van der Waals surface area contributed by atoms with Gasteiger partial charge in [-0.2, -0.15) is 0 Å². The Kier molecular flexibility index (Phi) is 6.86. The van der Waals surface area contributed by atoms with E-state index in [9.17, 15) is 0 Å². The van der Waals surface area contributed by atoms with Gasteiger partial charge in [0.2, 0.25) is 0 Å². The van der Waals surface area contributed by atoms with Crippen LogP contribution in [0.2, 0.25) is 0 Å². The molecule has 0 aliphatic carbocycles. The van der Waals surface area contributed by atoms with E-state index in [4.69, 9.17) is 4.42 Å². The zero-order chi connectivity index (χ0) is 40.5. The highest BCUT2D eigenvalue weighted by Gasteiger charge is 2.20. The third kappa shape index (κ3) is 4.69. The van der Waals surface area contributed by atoms with Crippen LogP contribution in [-0.4, -0.2) is 4.57 Å². The molecule has 12 aromatic carbocycles. The van der Waals surface area contributed by atoms with Crippen LogP contribution in [0.25, 0.3) is 136 Å². The summed E-state index contributed by atoms with van der Waals surface area (Å²) in [6.07, 6.45) is 0. The minimum Gasteiger partial charge on any atom is -0.456 e. The molecule has 0 amide bonds. The van der Waals surface area contributed by atoms with Crippen molar-refractivity contribution in [2.24, 2.45) is 0 Å². The van der Waals surface area contributed by atoms with Gasteiger partial charge in [-0.3, -0.25) is 0 Å². The molecular weight excluding hydrogens is 751 g/mol. The van der Waals surface area contributed by atoms with E-state index in [1.807, 2.05) is 0 Å². The summed E-state index contributed by atoms with van der Waals surface area (Å²) < 4.78 is 8.94. The second kappa shape index (κ2) is 12.7. The first-order chi connectivity index (χ1) is 30.7. The molecule has 0 atom stereocenters. The molecule has 286 valence electrons. The van der Waals surface area contributed by atoms with E-state index in [0.29, 0.717) is 0 Å². The number of hydrogen-bond acceptors (Lipinski definition) is 1. The van der Waals surface area contributed by atoms with Crippen LogP contribution < -0.4 is 0 Å². The van der Waals surface area contributed by atoms with Crippen LogP contribution in [0, 0.1) is 0 Å². The van der Waals surface area contributed by atoms with E-state index in [-0.39, 0.29) is 0 Å². The molecule has 2 aromatic heterocycles. The van der Waals surface area contributed by atoms with Gasteiger partial charge in [-0.25, -0.2) is 0 Å². The molecule has 14 aromatic rings. The highest BCUT2D eigenvalue weighted by atomic mass is 16.3. The quantitative estimate of drug-likeness (QED) is 0.163. The predicted molar refractivity (Wildman–Crippen MR) is 264 cm³/mol. The van der Waals surface area contributed by atoms with Crippen LogP contribution in [0.1, 0.15) is 0 Å². The molecule has 0 radical (unpaired) electrons. The molecule has 0 fully saturated rings. The molecule has 2 heterocycles. The van der Waals surface area contributed by atoms with Crippen molar-refractivity contribution in [2.45, 2.75) is 0 Å². The van der Waals surface area contributed by atoms with Gasteiger partial charge in [0.15, 0.2) is 0 Å². The number of hydrogen-bond donors (Lipinski definition) is 0. The molecule has 2 heteroatoms. The summed E-state index contributed by atoms with van der Waals surface area (Å²) in [4.78, 5) is 0. The van der Waals surface area contributed by atoms with Crippen LogP contribution in [0.3, 0.4) is 0 Å². The fraction of sp³-hybridized carbons (Fsp3) is 0. The van der Waals surface area contributed by atoms with Crippen molar-refractivity contribution >= 4 is 108 Å². The zero-order valence-electron chi connectivity index (χ0n) is 33.6. The first kappa shape index (κ1) is 33.6. The molecule has 0 N–H and O–H groups in total. The molecule has 0 saturated carbocycles. The summed E-state index contributed by atoms with van der Waals surface area (Å²) in [5, 5.41) is 20.0. The van der Waals surface area contributed by atoms with Gasteiger partial charge in [-0.05, 0) is 125 Å². The first-order valence-corrected chi connectivity index (χ1v) is 21.4. The fourth-order valence-electron chi connectivity index (χ4n) is 10.8. The number of aromatic nitrogens is 1. The van der Waals surface area contributed by atoms with Gasteiger partial charge in [0.05, 0.1) is 16.7 Å². The maximum absolute atomic E-state index is 6.47. The minimum atomic E-state index is 0.897. The van der Waals surface area contributed by atoms with Crippen LogP contribution in [0.5, 0.6) is 0 Å². The number of furan rings is 1. The predicted octanol–water partition coefficient (Wildman–Crippen LogP) is 16.9. The Labute approximate surface area is 356 Å². The minimum absolute atomic E-state index is 0.897. The molecule has 0 saturated heterocycles. The zero-order valence-corrected chi connectivity index (χ0v) is 33.6. The fourth-order valence-corrected chi connectivity index (χ4v) is 10.8. The molecule has 0 aliphatic heterocycles. The lowest BCUT2D eigenvalue weighted by atomic mass is 9.90. The standard InChI is InChI=1S/C60H35NO/c1-3-14-41-37(12-1)23-27-46-42(19-10-20-44(41)46)40-26-32-58-53(35-40)52-34-39(25-31-57(52)62-58)38-24-28-47-49-29-30-56-60(59(49)48-17-6-5-16-45(48)51(47)33-38)50-18-7-8-21-55(50)61(56)54-22-9-13-36-11-2-4-15-43(36)54/h1-35H. The monoisotopic (exact) mass is 785 g/mol. The number of rotatable bonds is 3. The smallest absolute Gasteiger partial charge is 0.135 e. The van der Waals surface area contributed by atoms with E-state index >= 15 is 0 Å². The number of para-hydroxylation sites is 1. The van der Waals surface area contributed by atoms with Gasteiger partial charge in [0.1, 0.15) is 11.2 Å². The van der Waals surface area contributed by atoms with Gasteiger partial charge in [-0.15, -0.1) is 0 Å². The van der Waals surface area contributed by atoms with Crippen molar-refractivity contribution in [1.29, 1.82) is 0 Å². The van der Waals surface area contributed by atoms with Gasteiger partial charge in [0, 0.05) is 32.3 Å². The highest BCUT2D eigenvalue weighted by molar-refractivity contribution is 6.35. The Morgan fingerprint density at radius 1 is 0.274 bits per heavy atom. The summed E-state index contributed by atoms with van der Waals surface area (Å²) >= 11 is 0. The number of nitrogens with zero attached hydrogens (tertiary/aromatic N) is 1. The van der Waals surface area contributed by atoms with Gasteiger partial charge in [0.25, 0.3) is 0 Å². The molecular formula is C60H35NO. The van der Waals surface area contributed by atoms with Gasteiger partial charge < -0.3 is 8.98 Å². The first-order valence-electron chi connectivity index (χ1n) is 21.4. The Morgan fingerprint density at radius 2 is 0.806 bits per heavy atom. The van der Waals surface area contributed by atoms with Crippen LogP contribution in [0.4, 0.5) is 0 Å². The molecule has 62 heavy (non-hydrogen) atoms. The van der Waals surface area contributed by atoms with Crippen LogP contribution >= 0.6 is 0 Å². The Balaban J connectivity index is 0.959. The maximum Gasteiger partial charge on any atom is 0.135 e. The molecule has 2 nitrogen and oxygen atoms in total. The summed E-state index contributed by atoms with van der Waals surface area (Å²) in [7, 11) is 0. The van der Waals surface area contributed by atoms with Crippen molar-refractivity contribution < 1.29 is 4.42 Å². The summed E-state index contributed by atoms with van der Waals surface area (Å²) in [5.41, 5.74) is 10.2. The molecule has 14 rings (SSSR count). The van der Waals surface area contributed by atoms with E-state index in [2.05, 4.69) is 217 Å². The van der Waals surface area contributed by atoms with Crippen LogP contribution in [-0.2, 0) is 0 Å². The third-order valence-electron chi connectivity index (χ3n) is 13.5. The van der Waals surface area contributed by atoms with Crippen molar-refractivity contribution in [3.63, 3.8) is 0 Å². The lowest BCUT2D eigenvalue weighted by Gasteiger charge is -2.14. The lowest BCUT2D eigenvalue weighted by Crippen LogP contribution is -1.95.